The van der Waals surface area contributed by atoms with Crippen molar-refractivity contribution in [2.45, 2.75) is 12.5 Å². The first kappa shape index (κ1) is 13.7. The fourth-order valence-corrected chi connectivity index (χ4v) is 2.81. The molecule has 1 atom stereocenters. The smallest absolute Gasteiger partial charge is 0.0639 e. The molecule has 2 rings (SSSR count). The fraction of sp³-hybridized carbons (Fsp3) is 0.571. The first-order valence-electron chi connectivity index (χ1n) is 6.56. The van der Waals surface area contributed by atoms with E-state index in [1.807, 2.05) is 19.2 Å². The van der Waals surface area contributed by atoms with E-state index in [-0.39, 0.29) is 0 Å². The zero-order chi connectivity index (χ0) is 13.0. The summed E-state index contributed by atoms with van der Waals surface area (Å²) in [7, 11) is 4.20. The number of para-hydroxylation sites is 1. The summed E-state index contributed by atoms with van der Waals surface area (Å²) >= 11 is 6.32. The molecule has 100 valence electrons. The van der Waals surface area contributed by atoms with E-state index in [9.17, 15) is 0 Å². The van der Waals surface area contributed by atoms with Crippen LogP contribution in [0.5, 0.6) is 0 Å². The van der Waals surface area contributed by atoms with E-state index in [0.29, 0.717) is 6.04 Å². The van der Waals surface area contributed by atoms with Gasteiger partial charge < -0.3 is 15.1 Å². The average molecular weight is 268 g/mol. The maximum Gasteiger partial charge on any atom is 0.0639 e. The van der Waals surface area contributed by atoms with Crippen molar-refractivity contribution < 1.29 is 0 Å². The van der Waals surface area contributed by atoms with E-state index in [4.69, 9.17) is 11.6 Å². The number of benzene rings is 1. The van der Waals surface area contributed by atoms with Crippen LogP contribution in [0.3, 0.4) is 0 Å². The largest absolute Gasteiger partial charge is 0.365 e. The summed E-state index contributed by atoms with van der Waals surface area (Å²) in [6, 6.07) is 8.69. The van der Waals surface area contributed by atoms with Crippen molar-refractivity contribution in [2.75, 3.05) is 45.2 Å². The van der Waals surface area contributed by atoms with E-state index in [0.717, 1.165) is 37.6 Å². The minimum absolute atomic E-state index is 0.538. The SMILES string of the molecule is CNCCC1CN(C)CCN1c1ccccc1Cl. The topological polar surface area (TPSA) is 18.5 Å². The minimum atomic E-state index is 0.538. The Labute approximate surface area is 115 Å². The maximum absolute atomic E-state index is 6.32. The number of nitrogens with zero attached hydrogens (tertiary/aromatic N) is 2. The molecule has 3 nitrogen and oxygen atoms in total. The monoisotopic (exact) mass is 267 g/mol. The Morgan fingerprint density at radius 3 is 2.83 bits per heavy atom. The van der Waals surface area contributed by atoms with Gasteiger partial charge in [0.2, 0.25) is 0 Å². The number of hydrogen-bond acceptors (Lipinski definition) is 3. The molecule has 0 aliphatic carbocycles. The van der Waals surface area contributed by atoms with Gasteiger partial charge in [-0.2, -0.15) is 0 Å². The summed E-state index contributed by atoms with van der Waals surface area (Å²) in [5, 5.41) is 4.10. The molecule has 1 saturated heterocycles. The highest BCUT2D eigenvalue weighted by molar-refractivity contribution is 6.33. The molecule has 1 aliphatic rings. The second kappa shape index (κ2) is 6.41. The third-order valence-corrected chi connectivity index (χ3v) is 3.89. The molecular formula is C14H22ClN3. The molecule has 1 aliphatic heterocycles. The van der Waals surface area contributed by atoms with Crippen molar-refractivity contribution in [1.29, 1.82) is 0 Å². The van der Waals surface area contributed by atoms with Gasteiger partial charge in [-0.25, -0.2) is 0 Å². The molecule has 4 heteroatoms. The van der Waals surface area contributed by atoms with E-state index < -0.39 is 0 Å². The first-order chi connectivity index (χ1) is 8.72. The van der Waals surface area contributed by atoms with Crippen LogP contribution >= 0.6 is 11.6 Å². The summed E-state index contributed by atoms with van der Waals surface area (Å²) in [4.78, 5) is 4.85. The van der Waals surface area contributed by atoms with Crippen molar-refractivity contribution >= 4 is 17.3 Å². The molecule has 1 heterocycles. The zero-order valence-corrected chi connectivity index (χ0v) is 12.0. The van der Waals surface area contributed by atoms with Crippen LogP contribution in [0.25, 0.3) is 0 Å². The van der Waals surface area contributed by atoms with Crippen LogP contribution in [0, 0.1) is 0 Å². The summed E-state index contributed by atoms with van der Waals surface area (Å²) in [6.45, 7) is 4.29. The molecule has 1 N–H and O–H groups in total. The molecule has 1 unspecified atom stereocenters. The molecule has 0 amide bonds. The number of piperazine rings is 1. The summed E-state index contributed by atoms with van der Waals surface area (Å²) < 4.78 is 0. The lowest BCUT2D eigenvalue weighted by molar-refractivity contribution is 0.260. The molecule has 18 heavy (non-hydrogen) atoms. The highest BCUT2D eigenvalue weighted by Crippen LogP contribution is 2.29. The van der Waals surface area contributed by atoms with Crippen LogP contribution in [-0.4, -0.2) is 51.2 Å². The van der Waals surface area contributed by atoms with Crippen molar-refractivity contribution in [2.24, 2.45) is 0 Å². The van der Waals surface area contributed by atoms with Crippen LogP contribution in [0.1, 0.15) is 6.42 Å². The Bertz CT molecular complexity index is 383. The highest BCUT2D eigenvalue weighted by Gasteiger charge is 2.25. The lowest BCUT2D eigenvalue weighted by atomic mass is 10.1. The molecule has 0 spiro atoms. The van der Waals surface area contributed by atoms with Gasteiger partial charge in [0.15, 0.2) is 0 Å². The second-order valence-electron chi connectivity index (χ2n) is 4.95. The van der Waals surface area contributed by atoms with Crippen LogP contribution in [0.2, 0.25) is 5.02 Å². The normalized spacial score (nSPS) is 21.3. The van der Waals surface area contributed by atoms with E-state index in [1.165, 1.54) is 5.69 Å². The van der Waals surface area contributed by atoms with E-state index in [1.54, 1.807) is 0 Å². The van der Waals surface area contributed by atoms with Gasteiger partial charge in [-0.3, -0.25) is 0 Å². The number of hydrogen-bond donors (Lipinski definition) is 1. The lowest BCUT2D eigenvalue weighted by Gasteiger charge is -2.42. The summed E-state index contributed by atoms with van der Waals surface area (Å²) in [6.07, 6.45) is 1.14. The summed E-state index contributed by atoms with van der Waals surface area (Å²) in [5.41, 5.74) is 1.17. The second-order valence-corrected chi connectivity index (χ2v) is 5.36. The fourth-order valence-electron chi connectivity index (χ4n) is 2.57. The average Bonchev–Trinajstić information content (AvgIpc) is 2.37. The van der Waals surface area contributed by atoms with E-state index in [2.05, 4.69) is 34.3 Å². The third kappa shape index (κ3) is 3.16. The van der Waals surface area contributed by atoms with E-state index >= 15 is 0 Å². The predicted molar refractivity (Wildman–Crippen MR) is 78.6 cm³/mol. The number of halogens is 1. The number of anilines is 1. The zero-order valence-electron chi connectivity index (χ0n) is 11.2. The Morgan fingerprint density at radius 1 is 1.33 bits per heavy atom. The van der Waals surface area contributed by atoms with Gasteiger partial charge in [-0.1, -0.05) is 23.7 Å². The number of rotatable bonds is 4. The summed E-state index contributed by atoms with van der Waals surface area (Å²) in [5.74, 6) is 0. The van der Waals surface area contributed by atoms with Gasteiger partial charge in [-0.05, 0) is 39.2 Å². The highest BCUT2D eigenvalue weighted by atomic mass is 35.5. The van der Waals surface area contributed by atoms with Crippen LogP contribution in [0.4, 0.5) is 5.69 Å². The molecule has 1 aromatic carbocycles. The van der Waals surface area contributed by atoms with Crippen LogP contribution < -0.4 is 10.2 Å². The number of likely N-dealkylation sites (N-methyl/N-ethyl adjacent to an activating group) is 1. The molecule has 0 aromatic heterocycles. The standard InChI is InChI=1S/C14H22ClN3/c1-16-8-7-12-11-17(2)9-10-18(12)14-6-4-3-5-13(14)15/h3-6,12,16H,7-11H2,1-2H3. The Hall–Kier alpha value is -0.770. The third-order valence-electron chi connectivity index (χ3n) is 3.58. The van der Waals surface area contributed by atoms with Gasteiger partial charge in [0.1, 0.15) is 0 Å². The van der Waals surface area contributed by atoms with Gasteiger partial charge in [-0.15, -0.1) is 0 Å². The molecule has 0 radical (unpaired) electrons. The van der Waals surface area contributed by atoms with Crippen molar-refractivity contribution in [3.05, 3.63) is 29.3 Å². The molecule has 1 aromatic rings. The molecule has 1 fully saturated rings. The van der Waals surface area contributed by atoms with Crippen molar-refractivity contribution in [3.63, 3.8) is 0 Å². The Balaban J connectivity index is 2.15. The van der Waals surface area contributed by atoms with Gasteiger partial charge in [0.05, 0.1) is 10.7 Å². The van der Waals surface area contributed by atoms with Gasteiger partial charge >= 0.3 is 0 Å². The maximum atomic E-state index is 6.32. The Morgan fingerprint density at radius 2 is 2.11 bits per heavy atom. The van der Waals surface area contributed by atoms with Crippen LogP contribution in [-0.2, 0) is 0 Å². The Kier molecular flexibility index (Phi) is 4.87. The predicted octanol–water partition coefficient (Wildman–Crippen LogP) is 2.07. The molecule has 0 saturated carbocycles. The molecular weight excluding hydrogens is 246 g/mol. The number of nitrogens with one attached hydrogen (secondary N) is 1. The van der Waals surface area contributed by atoms with Gasteiger partial charge in [0, 0.05) is 25.7 Å². The quantitative estimate of drug-likeness (QED) is 0.901. The first-order valence-corrected chi connectivity index (χ1v) is 6.94. The minimum Gasteiger partial charge on any atom is -0.365 e. The molecule has 0 bridgehead atoms. The van der Waals surface area contributed by atoms with Gasteiger partial charge in [0.25, 0.3) is 0 Å². The van der Waals surface area contributed by atoms with Crippen molar-refractivity contribution in [1.82, 2.24) is 10.2 Å². The lowest BCUT2D eigenvalue weighted by Crippen LogP contribution is -2.52. The van der Waals surface area contributed by atoms with Crippen LogP contribution in [0.15, 0.2) is 24.3 Å². The van der Waals surface area contributed by atoms with Crippen molar-refractivity contribution in [3.8, 4) is 0 Å².